The third kappa shape index (κ3) is 1.62. The summed E-state index contributed by atoms with van der Waals surface area (Å²) in [6.07, 6.45) is 0. The summed E-state index contributed by atoms with van der Waals surface area (Å²) in [5.41, 5.74) is 4.94. The Bertz CT molecular complexity index is 335. The number of nitrogens with zero attached hydrogens (tertiary/aromatic N) is 1. The lowest BCUT2D eigenvalue weighted by atomic mass is 10.1. The zero-order valence-electron chi connectivity index (χ0n) is 7.37. The highest BCUT2D eigenvalue weighted by atomic mass is 16.6. The fourth-order valence-corrected chi connectivity index (χ4v) is 1.27. The molecule has 0 amide bonds. The number of anilines is 1. The van der Waals surface area contributed by atoms with Gasteiger partial charge in [0.25, 0.3) is 0 Å². The average Bonchev–Trinajstić information content (AvgIpc) is 2.18. The van der Waals surface area contributed by atoms with Crippen molar-refractivity contribution in [1.29, 1.82) is 0 Å². The molecule has 68 valence electrons. The smallest absolute Gasteiger partial charge is 0.220 e. The Hall–Kier alpha value is -1.55. The molecule has 0 unspecified atom stereocenters. The molecule has 0 radical (unpaired) electrons. The van der Waals surface area contributed by atoms with E-state index in [1.165, 1.54) is 5.56 Å². The number of nitrogens with one attached hydrogen (secondary N) is 2. The number of rotatable bonds is 1. The zero-order chi connectivity index (χ0) is 9.10. The van der Waals surface area contributed by atoms with E-state index in [2.05, 4.69) is 21.9 Å². The molecule has 0 aliphatic carbocycles. The number of hydrogen-bond acceptors (Lipinski definition) is 4. The van der Waals surface area contributed by atoms with Crippen molar-refractivity contribution in [1.82, 2.24) is 5.48 Å². The monoisotopic (exact) mass is 177 g/mol. The minimum absolute atomic E-state index is 0.654. The Labute approximate surface area is 76.6 Å². The summed E-state index contributed by atoms with van der Waals surface area (Å²) in [5.74, 6) is 0.654. The quantitative estimate of drug-likeness (QED) is 0.632. The van der Waals surface area contributed by atoms with Crippen LogP contribution in [0.1, 0.15) is 5.56 Å². The minimum atomic E-state index is 0.654. The molecule has 13 heavy (non-hydrogen) atoms. The van der Waals surface area contributed by atoms with Crippen molar-refractivity contribution in [2.24, 2.45) is 4.99 Å². The molecular formula is C9H11N3O. The van der Waals surface area contributed by atoms with E-state index in [0.717, 1.165) is 5.69 Å². The molecule has 0 saturated heterocycles. The van der Waals surface area contributed by atoms with Crippen LogP contribution in [0.25, 0.3) is 0 Å². The first kappa shape index (κ1) is 8.07. The summed E-state index contributed by atoms with van der Waals surface area (Å²) in [6.45, 7) is 0.689. The van der Waals surface area contributed by atoms with Crippen molar-refractivity contribution >= 4 is 11.6 Å². The topological polar surface area (TPSA) is 45.6 Å². The van der Waals surface area contributed by atoms with Gasteiger partial charge in [0.15, 0.2) is 0 Å². The van der Waals surface area contributed by atoms with Gasteiger partial charge in [0.2, 0.25) is 5.96 Å². The van der Waals surface area contributed by atoms with Crippen LogP contribution < -0.4 is 10.8 Å². The van der Waals surface area contributed by atoms with E-state index in [9.17, 15) is 0 Å². The van der Waals surface area contributed by atoms with Crippen LogP contribution >= 0.6 is 0 Å². The third-order valence-corrected chi connectivity index (χ3v) is 1.88. The fraction of sp³-hybridized carbons (Fsp3) is 0.222. The normalized spacial score (nSPS) is 14.1. The summed E-state index contributed by atoms with van der Waals surface area (Å²) >= 11 is 0. The van der Waals surface area contributed by atoms with E-state index in [1.807, 2.05) is 18.2 Å². The van der Waals surface area contributed by atoms with Crippen molar-refractivity contribution in [2.75, 3.05) is 12.4 Å². The Morgan fingerprint density at radius 1 is 1.46 bits per heavy atom. The van der Waals surface area contributed by atoms with Crippen LogP contribution in [0.4, 0.5) is 5.69 Å². The van der Waals surface area contributed by atoms with Crippen LogP contribution in [-0.4, -0.2) is 13.1 Å². The molecule has 0 atom stereocenters. The molecule has 0 fully saturated rings. The Morgan fingerprint density at radius 2 is 2.31 bits per heavy atom. The molecule has 0 aromatic heterocycles. The summed E-state index contributed by atoms with van der Waals surface area (Å²) in [4.78, 5) is 8.98. The molecule has 2 rings (SSSR count). The SMILES string of the molecule is CONC1=NCc2ccccc2N1. The first-order chi connectivity index (χ1) is 6.40. The predicted octanol–water partition coefficient (Wildman–Crippen LogP) is 1.12. The van der Waals surface area contributed by atoms with Crippen molar-refractivity contribution < 1.29 is 4.84 Å². The number of benzene rings is 1. The van der Waals surface area contributed by atoms with Gasteiger partial charge in [-0.25, -0.2) is 10.5 Å². The molecule has 2 N–H and O–H groups in total. The molecule has 1 heterocycles. The maximum absolute atomic E-state index is 4.75. The van der Waals surface area contributed by atoms with Crippen LogP contribution in [0.2, 0.25) is 0 Å². The van der Waals surface area contributed by atoms with Gasteiger partial charge in [-0.15, -0.1) is 0 Å². The molecule has 1 aromatic rings. The Morgan fingerprint density at radius 3 is 3.15 bits per heavy atom. The number of para-hydroxylation sites is 1. The van der Waals surface area contributed by atoms with Gasteiger partial charge in [0, 0.05) is 5.69 Å². The van der Waals surface area contributed by atoms with Crippen LogP contribution in [0.15, 0.2) is 29.3 Å². The highest BCUT2D eigenvalue weighted by Crippen LogP contribution is 2.18. The Kier molecular flexibility index (Phi) is 2.14. The zero-order valence-corrected chi connectivity index (χ0v) is 7.37. The number of hydrogen-bond donors (Lipinski definition) is 2. The number of aliphatic imine (C=N–C) groups is 1. The maximum atomic E-state index is 4.75. The molecule has 4 nitrogen and oxygen atoms in total. The number of fused-ring (bicyclic) bond motifs is 1. The van der Waals surface area contributed by atoms with E-state index in [0.29, 0.717) is 12.5 Å². The highest BCUT2D eigenvalue weighted by Gasteiger charge is 2.09. The van der Waals surface area contributed by atoms with Gasteiger partial charge in [0.1, 0.15) is 0 Å². The maximum Gasteiger partial charge on any atom is 0.220 e. The van der Waals surface area contributed by atoms with E-state index in [1.54, 1.807) is 7.11 Å². The molecule has 1 aromatic carbocycles. The fourth-order valence-electron chi connectivity index (χ4n) is 1.27. The van der Waals surface area contributed by atoms with Gasteiger partial charge < -0.3 is 5.32 Å². The molecular weight excluding hydrogens is 166 g/mol. The third-order valence-electron chi connectivity index (χ3n) is 1.88. The summed E-state index contributed by atoms with van der Waals surface area (Å²) in [6, 6.07) is 8.06. The molecule has 0 saturated carbocycles. The van der Waals surface area contributed by atoms with Gasteiger partial charge in [-0.3, -0.25) is 4.84 Å². The Balaban J connectivity index is 2.18. The van der Waals surface area contributed by atoms with Crippen molar-refractivity contribution in [3.05, 3.63) is 29.8 Å². The van der Waals surface area contributed by atoms with Gasteiger partial charge in [-0.2, -0.15) is 0 Å². The number of guanidine groups is 1. The van der Waals surface area contributed by atoms with Gasteiger partial charge in [-0.1, -0.05) is 18.2 Å². The van der Waals surface area contributed by atoms with Crippen LogP contribution in [-0.2, 0) is 11.4 Å². The molecule has 4 heteroatoms. The number of hydroxylamine groups is 1. The van der Waals surface area contributed by atoms with E-state index in [4.69, 9.17) is 4.84 Å². The van der Waals surface area contributed by atoms with Crippen molar-refractivity contribution in [2.45, 2.75) is 6.54 Å². The first-order valence-electron chi connectivity index (χ1n) is 4.08. The molecule has 0 bridgehead atoms. The van der Waals surface area contributed by atoms with Crippen LogP contribution in [0.5, 0.6) is 0 Å². The van der Waals surface area contributed by atoms with E-state index in [-0.39, 0.29) is 0 Å². The lowest BCUT2D eigenvalue weighted by Crippen LogP contribution is -2.32. The van der Waals surface area contributed by atoms with Crippen molar-refractivity contribution in [3.8, 4) is 0 Å². The second-order valence-electron chi connectivity index (χ2n) is 2.75. The van der Waals surface area contributed by atoms with Gasteiger partial charge in [-0.05, 0) is 11.6 Å². The molecule has 1 aliphatic heterocycles. The lowest BCUT2D eigenvalue weighted by molar-refractivity contribution is 0.144. The van der Waals surface area contributed by atoms with Crippen LogP contribution in [0, 0.1) is 0 Å². The first-order valence-corrected chi connectivity index (χ1v) is 4.08. The summed E-state index contributed by atoms with van der Waals surface area (Å²) in [5, 5.41) is 3.11. The largest absolute Gasteiger partial charge is 0.324 e. The summed E-state index contributed by atoms with van der Waals surface area (Å²) < 4.78 is 0. The summed E-state index contributed by atoms with van der Waals surface area (Å²) in [7, 11) is 1.56. The molecule has 0 spiro atoms. The highest BCUT2D eigenvalue weighted by molar-refractivity contribution is 5.95. The second kappa shape index (κ2) is 3.45. The predicted molar refractivity (Wildman–Crippen MR) is 51.3 cm³/mol. The van der Waals surface area contributed by atoms with Gasteiger partial charge >= 0.3 is 0 Å². The van der Waals surface area contributed by atoms with E-state index < -0.39 is 0 Å². The van der Waals surface area contributed by atoms with Crippen molar-refractivity contribution in [3.63, 3.8) is 0 Å². The van der Waals surface area contributed by atoms with Gasteiger partial charge in [0.05, 0.1) is 13.7 Å². The standard InChI is InChI=1S/C9H11N3O/c1-13-12-9-10-6-7-4-2-3-5-8(7)11-9/h2-5H,6H2,1H3,(H2,10,11,12). The lowest BCUT2D eigenvalue weighted by Gasteiger charge is -2.17. The van der Waals surface area contributed by atoms with Crippen LogP contribution in [0.3, 0.4) is 0 Å². The second-order valence-corrected chi connectivity index (χ2v) is 2.75. The average molecular weight is 177 g/mol. The molecule has 1 aliphatic rings. The minimum Gasteiger partial charge on any atom is -0.324 e. The van der Waals surface area contributed by atoms with E-state index >= 15 is 0 Å².